The van der Waals surface area contributed by atoms with Crippen LogP contribution in [-0.4, -0.2) is 10.2 Å². The van der Waals surface area contributed by atoms with Crippen LogP contribution in [0.15, 0.2) is 18.2 Å². The predicted molar refractivity (Wildman–Crippen MR) is 42.7 cm³/mol. The van der Waals surface area contributed by atoms with Gasteiger partial charge in [0.25, 0.3) is 0 Å². The Bertz CT molecular complexity index is 248. The zero-order valence-corrected chi connectivity index (χ0v) is 6.12. The van der Waals surface area contributed by atoms with E-state index in [0.29, 0.717) is 16.8 Å². The molecule has 0 spiro atoms. The molecule has 0 unspecified atom stereocenters. The number of hydrogen-bond donors (Lipinski definition) is 3. The van der Waals surface area contributed by atoms with Gasteiger partial charge in [-0.25, -0.2) is 0 Å². The van der Waals surface area contributed by atoms with Crippen LogP contribution < -0.4 is 5.73 Å². The van der Waals surface area contributed by atoms with E-state index < -0.39 is 0 Å². The van der Waals surface area contributed by atoms with E-state index in [1.807, 2.05) is 0 Å². The number of rotatable bonds is 2. The Morgan fingerprint density at radius 1 is 1.18 bits per heavy atom. The second kappa shape index (κ2) is 3.37. The summed E-state index contributed by atoms with van der Waals surface area (Å²) in [6, 6.07) is 5.19. The van der Waals surface area contributed by atoms with E-state index in [-0.39, 0.29) is 13.2 Å². The zero-order chi connectivity index (χ0) is 8.27. The molecule has 11 heavy (non-hydrogen) atoms. The summed E-state index contributed by atoms with van der Waals surface area (Å²) in [5.41, 5.74) is 7.37. The topological polar surface area (TPSA) is 66.5 Å². The molecule has 0 bridgehead atoms. The Hall–Kier alpha value is -1.06. The first-order chi connectivity index (χ1) is 5.29. The Morgan fingerprint density at radius 2 is 1.91 bits per heavy atom. The van der Waals surface area contributed by atoms with Crippen molar-refractivity contribution in [3.63, 3.8) is 0 Å². The van der Waals surface area contributed by atoms with Crippen molar-refractivity contribution in [2.45, 2.75) is 13.2 Å². The van der Waals surface area contributed by atoms with Crippen LogP contribution in [0.25, 0.3) is 0 Å². The predicted octanol–water partition coefficient (Wildman–Crippen LogP) is 0.253. The summed E-state index contributed by atoms with van der Waals surface area (Å²) >= 11 is 0. The SMILES string of the molecule is Nc1cccc(CO)c1CO. The van der Waals surface area contributed by atoms with Crippen molar-refractivity contribution in [1.82, 2.24) is 0 Å². The summed E-state index contributed by atoms with van der Waals surface area (Å²) in [6.07, 6.45) is 0. The third kappa shape index (κ3) is 1.50. The highest BCUT2D eigenvalue weighted by molar-refractivity contribution is 5.50. The molecular weight excluding hydrogens is 142 g/mol. The van der Waals surface area contributed by atoms with Gasteiger partial charge in [0.1, 0.15) is 0 Å². The molecule has 1 aromatic carbocycles. The summed E-state index contributed by atoms with van der Waals surface area (Å²) in [5.74, 6) is 0. The fraction of sp³-hybridized carbons (Fsp3) is 0.250. The van der Waals surface area contributed by atoms with Gasteiger partial charge in [-0.15, -0.1) is 0 Å². The number of hydrogen-bond acceptors (Lipinski definition) is 3. The lowest BCUT2D eigenvalue weighted by molar-refractivity contribution is 0.260. The standard InChI is InChI=1S/C8H11NO2/c9-8-3-1-2-6(4-10)7(8)5-11/h1-3,10-11H,4-5,9H2. The first-order valence-electron chi connectivity index (χ1n) is 3.37. The number of anilines is 1. The Labute approximate surface area is 65.1 Å². The van der Waals surface area contributed by atoms with Crippen LogP contribution in [0, 0.1) is 0 Å². The van der Waals surface area contributed by atoms with Gasteiger partial charge in [-0.3, -0.25) is 0 Å². The minimum atomic E-state index is -0.122. The van der Waals surface area contributed by atoms with Gasteiger partial charge in [0, 0.05) is 11.3 Å². The molecular formula is C8H11NO2. The van der Waals surface area contributed by atoms with Gasteiger partial charge in [0.2, 0.25) is 0 Å². The fourth-order valence-corrected chi connectivity index (χ4v) is 0.995. The molecule has 4 N–H and O–H groups in total. The molecule has 0 heterocycles. The second-order valence-electron chi connectivity index (χ2n) is 2.30. The average Bonchev–Trinajstić information content (AvgIpc) is 2.04. The van der Waals surface area contributed by atoms with Crippen molar-refractivity contribution in [2.75, 3.05) is 5.73 Å². The summed E-state index contributed by atoms with van der Waals surface area (Å²) in [4.78, 5) is 0. The van der Waals surface area contributed by atoms with Gasteiger partial charge in [0.05, 0.1) is 13.2 Å². The van der Waals surface area contributed by atoms with Crippen LogP contribution in [-0.2, 0) is 13.2 Å². The second-order valence-corrected chi connectivity index (χ2v) is 2.30. The molecule has 0 aliphatic rings. The highest BCUT2D eigenvalue weighted by atomic mass is 16.3. The first-order valence-corrected chi connectivity index (χ1v) is 3.37. The van der Waals surface area contributed by atoms with Gasteiger partial charge < -0.3 is 15.9 Å². The molecule has 0 radical (unpaired) electrons. The van der Waals surface area contributed by atoms with E-state index in [2.05, 4.69) is 0 Å². The van der Waals surface area contributed by atoms with Gasteiger partial charge in [-0.05, 0) is 11.6 Å². The average molecular weight is 153 g/mol. The molecule has 0 saturated heterocycles. The molecule has 0 amide bonds. The fourth-order valence-electron chi connectivity index (χ4n) is 0.995. The molecule has 0 aliphatic heterocycles. The molecule has 0 aromatic heterocycles. The number of nitrogens with two attached hydrogens (primary N) is 1. The molecule has 1 aromatic rings. The minimum absolute atomic E-state index is 0.0824. The van der Waals surface area contributed by atoms with Crippen molar-refractivity contribution in [3.05, 3.63) is 29.3 Å². The van der Waals surface area contributed by atoms with Gasteiger partial charge in [0.15, 0.2) is 0 Å². The van der Waals surface area contributed by atoms with Crippen molar-refractivity contribution in [2.24, 2.45) is 0 Å². The third-order valence-corrected chi connectivity index (χ3v) is 1.64. The van der Waals surface area contributed by atoms with Gasteiger partial charge in [-0.2, -0.15) is 0 Å². The molecule has 0 fully saturated rings. The van der Waals surface area contributed by atoms with E-state index in [0.717, 1.165) is 0 Å². The summed E-state index contributed by atoms with van der Waals surface area (Å²) < 4.78 is 0. The lowest BCUT2D eigenvalue weighted by atomic mass is 10.1. The summed E-state index contributed by atoms with van der Waals surface area (Å²) in [5, 5.41) is 17.6. The van der Waals surface area contributed by atoms with Crippen LogP contribution in [0.4, 0.5) is 5.69 Å². The quantitative estimate of drug-likeness (QED) is 0.534. The van der Waals surface area contributed by atoms with Gasteiger partial charge in [-0.1, -0.05) is 12.1 Å². The van der Waals surface area contributed by atoms with E-state index in [4.69, 9.17) is 15.9 Å². The van der Waals surface area contributed by atoms with Crippen molar-refractivity contribution < 1.29 is 10.2 Å². The zero-order valence-electron chi connectivity index (χ0n) is 6.12. The van der Waals surface area contributed by atoms with Crippen molar-refractivity contribution >= 4 is 5.69 Å². The number of benzene rings is 1. The van der Waals surface area contributed by atoms with E-state index >= 15 is 0 Å². The summed E-state index contributed by atoms with van der Waals surface area (Å²) in [7, 11) is 0. The molecule has 3 nitrogen and oxygen atoms in total. The molecule has 0 saturated carbocycles. The molecule has 1 rings (SSSR count). The summed E-state index contributed by atoms with van der Waals surface area (Å²) in [6.45, 7) is -0.205. The maximum absolute atomic E-state index is 8.84. The van der Waals surface area contributed by atoms with Crippen LogP contribution in [0.3, 0.4) is 0 Å². The highest BCUT2D eigenvalue weighted by Crippen LogP contribution is 2.16. The Balaban J connectivity index is 3.13. The smallest absolute Gasteiger partial charge is 0.0705 e. The lowest BCUT2D eigenvalue weighted by Gasteiger charge is -2.06. The normalized spacial score (nSPS) is 10.0. The molecule has 0 aliphatic carbocycles. The van der Waals surface area contributed by atoms with E-state index in [9.17, 15) is 0 Å². The lowest BCUT2D eigenvalue weighted by Crippen LogP contribution is -1.99. The highest BCUT2D eigenvalue weighted by Gasteiger charge is 2.02. The van der Waals surface area contributed by atoms with E-state index in [1.54, 1.807) is 18.2 Å². The van der Waals surface area contributed by atoms with Crippen LogP contribution in [0.2, 0.25) is 0 Å². The molecule has 0 atom stereocenters. The third-order valence-electron chi connectivity index (χ3n) is 1.64. The van der Waals surface area contributed by atoms with Crippen LogP contribution >= 0.6 is 0 Å². The number of aliphatic hydroxyl groups excluding tert-OH is 2. The van der Waals surface area contributed by atoms with E-state index in [1.165, 1.54) is 0 Å². The molecule has 3 heteroatoms. The Kier molecular flexibility index (Phi) is 2.46. The van der Waals surface area contributed by atoms with Crippen LogP contribution in [0.5, 0.6) is 0 Å². The molecule has 60 valence electrons. The van der Waals surface area contributed by atoms with Crippen LogP contribution in [0.1, 0.15) is 11.1 Å². The van der Waals surface area contributed by atoms with Gasteiger partial charge >= 0.3 is 0 Å². The van der Waals surface area contributed by atoms with Crippen molar-refractivity contribution in [3.8, 4) is 0 Å². The minimum Gasteiger partial charge on any atom is -0.398 e. The maximum atomic E-state index is 8.84. The number of aliphatic hydroxyl groups is 2. The first kappa shape index (κ1) is 8.04. The van der Waals surface area contributed by atoms with Crippen molar-refractivity contribution in [1.29, 1.82) is 0 Å². The number of nitrogen functional groups attached to an aromatic ring is 1. The maximum Gasteiger partial charge on any atom is 0.0705 e. The monoisotopic (exact) mass is 153 g/mol. The largest absolute Gasteiger partial charge is 0.398 e. The Morgan fingerprint density at radius 3 is 2.36 bits per heavy atom.